The lowest BCUT2D eigenvalue weighted by atomic mass is 10.0. The Hall–Kier alpha value is -3.40. The summed E-state index contributed by atoms with van der Waals surface area (Å²) in [6.07, 6.45) is 3.83. The van der Waals surface area contributed by atoms with Gasteiger partial charge in [0.2, 0.25) is 5.91 Å². The molecule has 0 radical (unpaired) electrons. The molecule has 128 valence electrons. The van der Waals surface area contributed by atoms with E-state index < -0.39 is 0 Å². The summed E-state index contributed by atoms with van der Waals surface area (Å²) in [5, 5.41) is 2.98. The predicted octanol–water partition coefficient (Wildman–Crippen LogP) is 4.49. The summed E-state index contributed by atoms with van der Waals surface area (Å²) >= 11 is 0. The Morgan fingerprint density at radius 2 is 1.77 bits per heavy atom. The van der Waals surface area contributed by atoms with E-state index in [-0.39, 0.29) is 12.3 Å². The number of aromatic nitrogens is 2. The number of aryl methyl sites for hydroxylation is 1. The van der Waals surface area contributed by atoms with E-state index in [4.69, 9.17) is 0 Å². The number of anilines is 1. The Morgan fingerprint density at radius 3 is 2.54 bits per heavy atom. The Labute approximate surface area is 152 Å². The molecule has 0 bridgehead atoms. The van der Waals surface area contributed by atoms with Gasteiger partial charge in [-0.1, -0.05) is 54.1 Å². The summed E-state index contributed by atoms with van der Waals surface area (Å²) in [6, 6.07) is 22.0. The first-order chi connectivity index (χ1) is 12.7. The highest BCUT2D eigenvalue weighted by Crippen LogP contribution is 2.25. The van der Waals surface area contributed by atoms with Gasteiger partial charge in [-0.2, -0.15) is 0 Å². The maximum absolute atomic E-state index is 12.7. The molecular formula is C22H19N3O. The fraction of sp³-hybridized carbons (Fsp3) is 0.0909. The molecule has 0 spiro atoms. The molecular weight excluding hydrogens is 322 g/mol. The van der Waals surface area contributed by atoms with Crippen LogP contribution in [0.1, 0.15) is 11.3 Å². The minimum Gasteiger partial charge on any atom is -0.326 e. The Kier molecular flexibility index (Phi) is 4.23. The van der Waals surface area contributed by atoms with E-state index in [0.717, 1.165) is 33.6 Å². The number of carbonyl (C=O) groups is 1. The smallest absolute Gasteiger partial charge is 0.230 e. The molecule has 2 heterocycles. The fourth-order valence-corrected chi connectivity index (χ4v) is 3.10. The lowest BCUT2D eigenvalue weighted by Crippen LogP contribution is -2.17. The third-order valence-electron chi connectivity index (χ3n) is 4.44. The van der Waals surface area contributed by atoms with Crippen molar-refractivity contribution in [2.75, 3.05) is 5.32 Å². The van der Waals surface area contributed by atoms with Crippen LogP contribution in [0.2, 0.25) is 0 Å². The van der Waals surface area contributed by atoms with E-state index in [9.17, 15) is 4.79 Å². The van der Waals surface area contributed by atoms with Crippen LogP contribution < -0.4 is 5.32 Å². The number of nitrogens with one attached hydrogen (secondary N) is 1. The van der Waals surface area contributed by atoms with Crippen LogP contribution >= 0.6 is 0 Å². The van der Waals surface area contributed by atoms with Crippen molar-refractivity contribution in [1.82, 2.24) is 9.38 Å². The van der Waals surface area contributed by atoms with Crippen LogP contribution in [0.15, 0.2) is 79.3 Å². The molecule has 0 aliphatic heterocycles. The third kappa shape index (κ3) is 3.22. The molecule has 0 unspecified atom stereocenters. The van der Waals surface area contributed by atoms with Gasteiger partial charge in [0.25, 0.3) is 0 Å². The first-order valence-electron chi connectivity index (χ1n) is 8.56. The largest absolute Gasteiger partial charge is 0.326 e. The van der Waals surface area contributed by atoms with Crippen molar-refractivity contribution in [1.29, 1.82) is 0 Å². The number of hydrogen-bond donors (Lipinski definition) is 1. The standard InChI is InChI=1S/C22H19N3O/c1-16-7-9-18(10-8-16)24-22(26)13-21-20(17-5-3-2-4-6-17)12-11-19-14-23-15-25(19)21/h2-12,14-15H,13H2,1H3,(H,24,26). The number of fused-ring (bicyclic) bond motifs is 1. The van der Waals surface area contributed by atoms with Gasteiger partial charge in [-0.3, -0.25) is 4.79 Å². The summed E-state index contributed by atoms with van der Waals surface area (Å²) in [7, 11) is 0. The summed E-state index contributed by atoms with van der Waals surface area (Å²) in [4.78, 5) is 16.9. The van der Waals surface area contributed by atoms with Gasteiger partial charge in [0.1, 0.15) is 0 Å². The molecule has 4 nitrogen and oxygen atoms in total. The maximum Gasteiger partial charge on any atom is 0.230 e. The Balaban J connectivity index is 1.69. The molecule has 0 atom stereocenters. The Bertz CT molecular complexity index is 1050. The molecule has 0 aliphatic carbocycles. The van der Waals surface area contributed by atoms with E-state index in [1.54, 1.807) is 12.5 Å². The molecule has 0 aliphatic rings. The van der Waals surface area contributed by atoms with Gasteiger partial charge in [-0.25, -0.2) is 4.98 Å². The predicted molar refractivity (Wildman–Crippen MR) is 104 cm³/mol. The van der Waals surface area contributed by atoms with Gasteiger partial charge in [-0.15, -0.1) is 0 Å². The van der Waals surface area contributed by atoms with Gasteiger partial charge in [0.15, 0.2) is 0 Å². The van der Waals surface area contributed by atoms with Gasteiger partial charge in [-0.05, 0) is 30.7 Å². The van der Waals surface area contributed by atoms with E-state index >= 15 is 0 Å². The van der Waals surface area contributed by atoms with Crippen molar-refractivity contribution in [2.24, 2.45) is 0 Å². The summed E-state index contributed by atoms with van der Waals surface area (Å²) in [5.41, 5.74) is 5.99. The SMILES string of the molecule is Cc1ccc(NC(=O)Cc2c(-c3ccccc3)ccc3cncn23)cc1. The first-order valence-corrected chi connectivity index (χ1v) is 8.56. The molecule has 4 rings (SSSR count). The first kappa shape index (κ1) is 16.1. The second kappa shape index (κ2) is 6.84. The van der Waals surface area contributed by atoms with Crippen LogP contribution in [0.5, 0.6) is 0 Å². The molecule has 4 heteroatoms. The molecule has 1 amide bonds. The maximum atomic E-state index is 12.7. The highest BCUT2D eigenvalue weighted by molar-refractivity contribution is 5.93. The minimum atomic E-state index is -0.0489. The zero-order chi connectivity index (χ0) is 17.9. The lowest BCUT2D eigenvalue weighted by molar-refractivity contribution is -0.115. The molecule has 2 aromatic carbocycles. The number of hydrogen-bond acceptors (Lipinski definition) is 2. The molecule has 2 aromatic heterocycles. The average Bonchev–Trinajstić information content (AvgIpc) is 3.14. The molecule has 0 saturated carbocycles. The fourth-order valence-electron chi connectivity index (χ4n) is 3.10. The van der Waals surface area contributed by atoms with Crippen LogP contribution in [0.4, 0.5) is 5.69 Å². The van der Waals surface area contributed by atoms with E-state index in [2.05, 4.69) is 28.5 Å². The Morgan fingerprint density at radius 1 is 1.00 bits per heavy atom. The van der Waals surface area contributed by atoms with E-state index in [1.807, 2.05) is 59.9 Å². The van der Waals surface area contributed by atoms with Crippen LogP contribution in [-0.2, 0) is 11.2 Å². The van der Waals surface area contributed by atoms with E-state index in [0.29, 0.717) is 0 Å². The summed E-state index contributed by atoms with van der Waals surface area (Å²) < 4.78 is 1.98. The van der Waals surface area contributed by atoms with Crippen molar-refractivity contribution in [3.8, 4) is 11.1 Å². The van der Waals surface area contributed by atoms with Crippen molar-refractivity contribution in [3.05, 3.63) is 90.5 Å². The minimum absolute atomic E-state index is 0.0489. The molecule has 1 N–H and O–H groups in total. The number of rotatable bonds is 4. The summed E-state index contributed by atoms with van der Waals surface area (Å²) in [6.45, 7) is 2.03. The van der Waals surface area contributed by atoms with Crippen molar-refractivity contribution >= 4 is 17.1 Å². The van der Waals surface area contributed by atoms with Crippen molar-refractivity contribution in [2.45, 2.75) is 13.3 Å². The molecule has 4 aromatic rings. The number of benzene rings is 2. The zero-order valence-electron chi connectivity index (χ0n) is 14.5. The second-order valence-corrected chi connectivity index (χ2v) is 6.34. The number of pyridine rings is 1. The lowest BCUT2D eigenvalue weighted by Gasteiger charge is -2.13. The van der Waals surface area contributed by atoms with Gasteiger partial charge >= 0.3 is 0 Å². The highest BCUT2D eigenvalue weighted by Gasteiger charge is 2.14. The normalized spacial score (nSPS) is 10.8. The number of amides is 1. The van der Waals surface area contributed by atoms with Crippen LogP contribution in [0.25, 0.3) is 16.6 Å². The van der Waals surface area contributed by atoms with Crippen LogP contribution in [0.3, 0.4) is 0 Å². The summed E-state index contributed by atoms with van der Waals surface area (Å²) in [5.74, 6) is -0.0489. The quantitative estimate of drug-likeness (QED) is 0.594. The monoisotopic (exact) mass is 341 g/mol. The van der Waals surface area contributed by atoms with Crippen molar-refractivity contribution < 1.29 is 4.79 Å². The van der Waals surface area contributed by atoms with Crippen LogP contribution in [0, 0.1) is 6.92 Å². The molecule has 0 saturated heterocycles. The van der Waals surface area contributed by atoms with Gasteiger partial charge < -0.3 is 9.72 Å². The third-order valence-corrected chi connectivity index (χ3v) is 4.44. The van der Waals surface area contributed by atoms with Crippen LogP contribution in [-0.4, -0.2) is 15.3 Å². The topological polar surface area (TPSA) is 46.4 Å². The number of nitrogens with zero attached hydrogens (tertiary/aromatic N) is 2. The van der Waals surface area contributed by atoms with Gasteiger partial charge in [0.05, 0.1) is 24.5 Å². The molecule has 0 fully saturated rings. The highest BCUT2D eigenvalue weighted by atomic mass is 16.1. The van der Waals surface area contributed by atoms with Gasteiger partial charge in [0, 0.05) is 16.9 Å². The zero-order valence-corrected chi connectivity index (χ0v) is 14.5. The second-order valence-electron chi connectivity index (χ2n) is 6.34. The number of carbonyl (C=O) groups excluding carboxylic acids is 1. The van der Waals surface area contributed by atoms with E-state index in [1.165, 1.54) is 0 Å². The average molecular weight is 341 g/mol. The molecule has 26 heavy (non-hydrogen) atoms. The number of imidazole rings is 1. The van der Waals surface area contributed by atoms with Crippen molar-refractivity contribution in [3.63, 3.8) is 0 Å².